The van der Waals surface area contributed by atoms with Gasteiger partial charge in [0.2, 0.25) is 0 Å². The van der Waals surface area contributed by atoms with Crippen LogP contribution in [-0.4, -0.2) is 47.6 Å². The van der Waals surface area contributed by atoms with Crippen molar-refractivity contribution in [1.29, 1.82) is 0 Å². The van der Waals surface area contributed by atoms with Crippen molar-refractivity contribution in [1.82, 2.24) is 26.2 Å². The number of hydrazine groups is 2. The quantitative estimate of drug-likeness (QED) is 0.513. The highest BCUT2D eigenvalue weighted by molar-refractivity contribution is 5.93. The molecule has 0 radical (unpaired) electrons. The van der Waals surface area contributed by atoms with Gasteiger partial charge < -0.3 is 5.32 Å². The molecule has 5 amide bonds. The fraction of sp³-hybridized carbons (Fsp3) is 0.583. The van der Waals surface area contributed by atoms with Gasteiger partial charge in [0.1, 0.15) is 0 Å². The first-order chi connectivity index (χ1) is 9.45. The Bertz CT molecular complexity index is 410. The molecule has 0 aromatic carbocycles. The molecule has 8 heteroatoms. The number of rotatable bonds is 4. The lowest BCUT2D eigenvalue weighted by atomic mass is 10.3. The standard InChI is InChI=1S/C12H21N5O3/c1-4-7-16(14-10(18)9(2)3)12(20)15-17-8-5-6-13-11(17)19/h2,4-8H2,1,3H3,(H,13,19)(H,14,18)(H,15,20). The minimum absolute atomic E-state index is 0.301. The summed E-state index contributed by atoms with van der Waals surface area (Å²) in [5.41, 5.74) is 5.21. The monoisotopic (exact) mass is 283 g/mol. The van der Waals surface area contributed by atoms with Gasteiger partial charge in [0, 0.05) is 25.2 Å². The predicted molar refractivity (Wildman–Crippen MR) is 73.2 cm³/mol. The first-order valence-corrected chi connectivity index (χ1v) is 6.55. The molecule has 0 aliphatic carbocycles. The number of hydrogen-bond donors (Lipinski definition) is 3. The van der Waals surface area contributed by atoms with Crippen LogP contribution in [0.2, 0.25) is 0 Å². The van der Waals surface area contributed by atoms with Crippen molar-refractivity contribution in [3.63, 3.8) is 0 Å². The second-order valence-electron chi connectivity index (χ2n) is 4.53. The van der Waals surface area contributed by atoms with E-state index in [9.17, 15) is 14.4 Å². The van der Waals surface area contributed by atoms with Gasteiger partial charge in [-0.3, -0.25) is 10.2 Å². The van der Waals surface area contributed by atoms with E-state index < -0.39 is 11.9 Å². The zero-order valence-electron chi connectivity index (χ0n) is 11.9. The lowest BCUT2D eigenvalue weighted by Crippen LogP contribution is -2.60. The van der Waals surface area contributed by atoms with Crippen molar-refractivity contribution >= 4 is 18.0 Å². The molecule has 1 aliphatic rings. The maximum atomic E-state index is 12.1. The van der Waals surface area contributed by atoms with Gasteiger partial charge in [-0.2, -0.15) is 0 Å². The summed E-state index contributed by atoms with van der Waals surface area (Å²) in [7, 11) is 0. The lowest BCUT2D eigenvalue weighted by Gasteiger charge is -2.30. The molecule has 0 spiro atoms. The number of nitrogens with zero attached hydrogens (tertiary/aromatic N) is 2. The van der Waals surface area contributed by atoms with E-state index in [1.54, 1.807) is 6.92 Å². The molecular formula is C12H21N5O3. The van der Waals surface area contributed by atoms with Gasteiger partial charge in [-0.1, -0.05) is 13.5 Å². The van der Waals surface area contributed by atoms with Gasteiger partial charge in [0.25, 0.3) is 5.91 Å². The Morgan fingerprint density at radius 1 is 1.50 bits per heavy atom. The van der Waals surface area contributed by atoms with Gasteiger partial charge in [-0.25, -0.2) is 25.0 Å². The summed E-state index contributed by atoms with van der Waals surface area (Å²) >= 11 is 0. The summed E-state index contributed by atoms with van der Waals surface area (Å²) in [6, 6.07) is -0.911. The van der Waals surface area contributed by atoms with Crippen LogP contribution < -0.4 is 16.2 Å². The average Bonchev–Trinajstić information content (AvgIpc) is 2.40. The van der Waals surface area contributed by atoms with Crippen LogP contribution in [0.3, 0.4) is 0 Å². The maximum Gasteiger partial charge on any atom is 0.355 e. The van der Waals surface area contributed by atoms with Gasteiger partial charge in [-0.15, -0.1) is 0 Å². The Labute approximate surface area is 118 Å². The summed E-state index contributed by atoms with van der Waals surface area (Å²) in [5, 5.41) is 4.95. The second-order valence-corrected chi connectivity index (χ2v) is 4.53. The molecule has 0 aromatic rings. The average molecular weight is 283 g/mol. The van der Waals surface area contributed by atoms with Gasteiger partial charge >= 0.3 is 12.1 Å². The molecule has 0 atom stereocenters. The molecule has 3 N–H and O–H groups in total. The van der Waals surface area contributed by atoms with Gasteiger partial charge in [0.05, 0.1) is 0 Å². The smallest absolute Gasteiger partial charge is 0.336 e. The minimum atomic E-state index is -0.557. The Hall–Kier alpha value is -2.25. The van der Waals surface area contributed by atoms with E-state index in [2.05, 4.69) is 22.7 Å². The van der Waals surface area contributed by atoms with Crippen LogP contribution in [0, 0.1) is 0 Å². The van der Waals surface area contributed by atoms with Crippen LogP contribution >= 0.6 is 0 Å². The molecule has 112 valence electrons. The highest BCUT2D eigenvalue weighted by atomic mass is 16.2. The molecule has 20 heavy (non-hydrogen) atoms. The summed E-state index contributed by atoms with van der Waals surface area (Å²) in [6.07, 6.45) is 1.41. The fourth-order valence-electron chi connectivity index (χ4n) is 1.56. The maximum absolute atomic E-state index is 12.1. The number of urea groups is 2. The summed E-state index contributed by atoms with van der Waals surface area (Å²) in [6.45, 7) is 8.30. The number of nitrogens with one attached hydrogen (secondary N) is 3. The van der Waals surface area contributed by atoms with Crippen molar-refractivity contribution < 1.29 is 14.4 Å². The molecule has 0 bridgehead atoms. The molecule has 0 aromatic heterocycles. The topological polar surface area (TPSA) is 93.8 Å². The van der Waals surface area contributed by atoms with E-state index in [0.29, 0.717) is 31.6 Å². The largest absolute Gasteiger partial charge is 0.355 e. The van der Waals surface area contributed by atoms with Crippen molar-refractivity contribution in [2.45, 2.75) is 26.7 Å². The number of amides is 5. The molecule has 1 aliphatic heterocycles. The van der Waals surface area contributed by atoms with Crippen LogP contribution in [0.15, 0.2) is 12.2 Å². The molecule has 0 saturated carbocycles. The van der Waals surface area contributed by atoms with E-state index in [1.165, 1.54) is 5.01 Å². The Kier molecular flexibility index (Phi) is 5.82. The molecule has 1 saturated heterocycles. The number of hydrogen-bond acceptors (Lipinski definition) is 3. The van der Waals surface area contributed by atoms with Crippen molar-refractivity contribution in [3.8, 4) is 0 Å². The van der Waals surface area contributed by atoms with Crippen molar-refractivity contribution in [2.24, 2.45) is 0 Å². The van der Waals surface area contributed by atoms with Crippen LogP contribution in [0.1, 0.15) is 26.7 Å². The Morgan fingerprint density at radius 2 is 2.20 bits per heavy atom. The van der Waals surface area contributed by atoms with E-state index in [4.69, 9.17) is 0 Å². The van der Waals surface area contributed by atoms with Crippen LogP contribution in [0.5, 0.6) is 0 Å². The predicted octanol–water partition coefficient (Wildman–Crippen LogP) is 0.346. The molecule has 1 heterocycles. The summed E-state index contributed by atoms with van der Waals surface area (Å²) in [5.74, 6) is -0.434. The highest BCUT2D eigenvalue weighted by Gasteiger charge is 2.23. The molecule has 1 rings (SSSR count). The molecule has 1 fully saturated rings. The molecule has 8 nitrogen and oxygen atoms in total. The van der Waals surface area contributed by atoms with Gasteiger partial charge in [-0.05, 0) is 19.8 Å². The first kappa shape index (κ1) is 15.8. The lowest BCUT2D eigenvalue weighted by molar-refractivity contribution is -0.121. The van der Waals surface area contributed by atoms with E-state index in [-0.39, 0.29) is 6.03 Å². The zero-order chi connectivity index (χ0) is 15.1. The number of carbonyl (C=O) groups excluding carboxylic acids is 3. The summed E-state index contributed by atoms with van der Waals surface area (Å²) in [4.78, 5) is 35.1. The van der Waals surface area contributed by atoms with Gasteiger partial charge in [0.15, 0.2) is 0 Å². The second kappa shape index (κ2) is 7.37. The minimum Gasteiger partial charge on any atom is -0.336 e. The van der Waals surface area contributed by atoms with E-state index in [1.807, 2.05) is 6.92 Å². The first-order valence-electron chi connectivity index (χ1n) is 6.55. The summed E-state index contributed by atoms with van der Waals surface area (Å²) < 4.78 is 0. The SMILES string of the molecule is C=C(C)C(=O)NN(CCC)C(=O)NN1CCCNC1=O. The van der Waals surface area contributed by atoms with Crippen molar-refractivity contribution in [2.75, 3.05) is 19.6 Å². The van der Waals surface area contributed by atoms with E-state index in [0.717, 1.165) is 11.4 Å². The third kappa shape index (κ3) is 4.45. The Balaban J connectivity index is 2.61. The number of carbonyl (C=O) groups is 3. The fourth-order valence-corrected chi connectivity index (χ4v) is 1.56. The van der Waals surface area contributed by atoms with E-state index >= 15 is 0 Å². The third-order valence-electron chi connectivity index (χ3n) is 2.63. The molecule has 0 unspecified atom stereocenters. The van der Waals surface area contributed by atoms with Crippen LogP contribution in [0.25, 0.3) is 0 Å². The van der Waals surface area contributed by atoms with Crippen molar-refractivity contribution in [3.05, 3.63) is 12.2 Å². The molecular weight excluding hydrogens is 262 g/mol. The third-order valence-corrected chi connectivity index (χ3v) is 2.63. The van der Waals surface area contributed by atoms with Crippen LogP contribution in [-0.2, 0) is 4.79 Å². The van der Waals surface area contributed by atoms with Crippen LogP contribution in [0.4, 0.5) is 9.59 Å². The highest BCUT2D eigenvalue weighted by Crippen LogP contribution is 1.98. The zero-order valence-corrected chi connectivity index (χ0v) is 11.9. The normalized spacial score (nSPS) is 14.3. The Morgan fingerprint density at radius 3 is 2.75 bits per heavy atom.